The van der Waals surface area contributed by atoms with Crippen molar-refractivity contribution in [1.82, 2.24) is 0 Å². The van der Waals surface area contributed by atoms with Gasteiger partial charge in [0.1, 0.15) is 5.75 Å². The Labute approximate surface area is 142 Å². The first kappa shape index (κ1) is 16.2. The topological polar surface area (TPSA) is 46.6 Å². The summed E-state index contributed by atoms with van der Waals surface area (Å²) in [6, 6.07) is 15.3. The van der Waals surface area contributed by atoms with Gasteiger partial charge in [0.05, 0.1) is 18.7 Å². The number of hydrogen-bond donors (Lipinski definition) is 0. The summed E-state index contributed by atoms with van der Waals surface area (Å²) in [5, 5.41) is 0. The van der Waals surface area contributed by atoms with Crippen molar-refractivity contribution in [3.8, 4) is 5.75 Å². The zero-order valence-electron chi connectivity index (χ0n) is 14.2. The van der Waals surface area contributed by atoms with Crippen LogP contribution in [0.1, 0.15) is 30.4 Å². The lowest BCUT2D eigenvalue weighted by molar-refractivity contribution is -0.122. The number of benzene rings is 2. The summed E-state index contributed by atoms with van der Waals surface area (Å²) in [5.74, 6) is -0.131. The highest BCUT2D eigenvalue weighted by Gasteiger charge is 2.43. The van der Waals surface area contributed by atoms with Crippen molar-refractivity contribution in [2.75, 3.05) is 12.0 Å². The van der Waals surface area contributed by atoms with Crippen LogP contribution in [0.15, 0.2) is 48.5 Å². The van der Waals surface area contributed by atoms with Crippen molar-refractivity contribution in [2.24, 2.45) is 5.92 Å². The largest absolute Gasteiger partial charge is 0.495 e. The summed E-state index contributed by atoms with van der Waals surface area (Å²) in [4.78, 5) is 26.7. The summed E-state index contributed by atoms with van der Waals surface area (Å²) in [6.07, 6.45) is 0.228. The van der Waals surface area contributed by atoms with Gasteiger partial charge in [-0.25, -0.2) is 4.90 Å². The smallest absolute Gasteiger partial charge is 0.238 e. The van der Waals surface area contributed by atoms with E-state index in [1.807, 2.05) is 56.3 Å². The van der Waals surface area contributed by atoms with Gasteiger partial charge >= 0.3 is 0 Å². The molecular weight excluding hydrogens is 302 g/mol. The summed E-state index contributed by atoms with van der Waals surface area (Å²) in [5.41, 5.74) is 2.62. The van der Waals surface area contributed by atoms with Gasteiger partial charge in [0.15, 0.2) is 0 Å². The molecule has 2 aromatic rings. The second-order valence-electron chi connectivity index (χ2n) is 6.25. The number of carbonyl (C=O) groups excluding carboxylic acids is 2. The zero-order chi connectivity index (χ0) is 17.3. The molecule has 2 atom stereocenters. The van der Waals surface area contributed by atoms with Crippen molar-refractivity contribution < 1.29 is 14.3 Å². The molecule has 4 heteroatoms. The third-order valence-corrected chi connectivity index (χ3v) is 4.69. The van der Waals surface area contributed by atoms with Crippen LogP contribution in [0, 0.1) is 12.8 Å². The Hall–Kier alpha value is -2.62. The van der Waals surface area contributed by atoms with Crippen LogP contribution in [-0.2, 0) is 9.59 Å². The minimum atomic E-state index is -0.342. The standard InChI is InChI=1S/C20H21NO3/c1-13-9-10-17(18(11-13)24-3)21-19(22)12-16(20(21)23)14(2)15-7-5-4-6-8-15/h4-11,14,16H,12H2,1-3H3/t14-,16+/m0/s1. The molecule has 0 radical (unpaired) electrons. The molecule has 0 unspecified atom stereocenters. The van der Waals surface area contributed by atoms with E-state index in [0.29, 0.717) is 11.4 Å². The van der Waals surface area contributed by atoms with Crippen molar-refractivity contribution in [1.29, 1.82) is 0 Å². The fourth-order valence-electron chi connectivity index (χ4n) is 3.26. The van der Waals surface area contributed by atoms with Gasteiger partial charge in [-0.3, -0.25) is 9.59 Å². The Morgan fingerprint density at radius 1 is 1.12 bits per heavy atom. The second-order valence-corrected chi connectivity index (χ2v) is 6.25. The highest BCUT2D eigenvalue weighted by atomic mass is 16.5. The molecule has 2 aromatic carbocycles. The molecule has 1 aliphatic rings. The summed E-state index contributed by atoms with van der Waals surface area (Å²) >= 11 is 0. The van der Waals surface area contributed by atoms with E-state index >= 15 is 0 Å². The van der Waals surface area contributed by atoms with Crippen LogP contribution in [0.4, 0.5) is 5.69 Å². The second kappa shape index (κ2) is 6.48. The van der Waals surface area contributed by atoms with Crippen molar-refractivity contribution >= 4 is 17.5 Å². The molecule has 0 N–H and O–H groups in total. The minimum Gasteiger partial charge on any atom is -0.495 e. The third kappa shape index (κ3) is 2.80. The van der Waals surface area contributed by atoms with E-state index in [1.165, 1.54) is 4.90 Å². The molecule has 0 aromatic heterocycles. The van der Waals surface area contributed by atoms with E-state index in [-0.39, 0.29) is 30.1 Å². The fraction of sp³-hybridized carbons (Fsp3) is 0.300. The van der Waals surface area contributed by atoms with Gasteiger partial charge in [0.25, 0.3) is 0 Å². The summed E-state index contributed by atoms with van der Waals surface area (Å²) in [7, 11) is 1.55. The molecule has 3 rings (SSSR count). The van der Waals surface area contributed by atoms with E-state index in [4.69, 9.17) is 4.74 Å². The Kier molecular flexibility index (Phi) is 4.38. The van der Waals surface area contributed by atoms with Gasteiger partial charge in [-0.1, -0.05) is 43.3 Å². The van der Waals surface area contributed by atoms with Gasteiger partial charge < -0.3 is 4.74 Å². The number of carbonyl (C=O) groups is 2. The van der Waals surface area contributed by atoms with Crippen LogP contribution in [0.2, 0.25) is 0 Å². The van der Waals surface area contributed by atoms with E-state index in [9.17, 15) is 9.59 Å². The number of ether oxygens (including phenoxy) is 1. The Balaban J connectivity index is 1.93. The first-order valence-electron chi connectivity index (χ1n) is 8.09. The molecule has 1 saturated heterocycles. The molecule has 0 saturated carbocycles. The number of amides is 2. The molecule has 124 valence electrons. The lowest BCUT2D eigenvalue weighted by Gasteiger charge is -2.21. The number of methoxy groups -OCH3 is 1. The number of hydrogen-bond acceptors (Lipinski definition) is 3. The lowest BCUT2D eigenvalue weighted by atomic mass is 9.86. The van der Waals surface area contributed by atoms with Gasteiger partial charge in [-0.05, 0) is 36.1 Å². The van der Waals surface area contributed by atoms with Gasteiger partial charge in [0.2, 0.25) is 11.8 Å². The molecule has 2 amide bonds. The number of imide groups is 1. The zero-order valence-corrected chi connectivity index (χ0v) is 14.2. The monoisotopic (exact) mass is 323 g/mol. The molecule has 4 nitrogen and oxygen atoms in total. The Bertz CT molecular complexity index is 770. The van der Waals surface area contributed by atoms with E-state index in [0.717, 1.165) is 11.1 Å². The van der Waals surface area contributed by atoms with Gasteiger partial charge in [0, 0.05) is 6.42 Å². The average molecular weight is 323 g/mol. The first-order chi connectivity index (χ1) is 11.5. The van der Waals surface area contributed by atoms with Crippen LogP contribution in [0.5, 0.6) is 5.75 Å². The average Bonchev–Trinajstić information content (AvgIpc) is 2.89. The first-order valence-corrected chi connectivity index (χ1v) is 8.09. The maximum absolute atomic E-state index is 12.9. The maximum atomic E-state index is 12.9. The van der Waals surface area contributed by atoms with Gasteiger partial charge in [-0.15, -0.1) is 0 Å². The SMILES string of the molecule is COc1cc(C)ccc1N1C(=O)C[C@H]([C@@H](C)c2ccccc2)C1=O. The van der Waals surface area contributed by atoms with Crippen molar-refractivity contribution in [3.05, 3.63) is 59.7 Å². The van der Waals surface area contributed by atoms with E-state index < -0.39 is 0 Å². The summed E-state index contributed by atoms with van der Waals surface area (Å²) in [6.45, 7) is 3.95. The van der Waals surface area contributed by atoms with E-state index in [2.05, 4.69) is 0 Å². The molecule has 1 fully saturated rings. The molecule has 0 bridgehead atoms. The number of aryl methyl sites for hydroxylation is 1. The van der Waals surface area contributed by atoms with Crippen LogP contribution >= 0.6 is 0 Å². The van der Waals surface area contributed by atoms with Crippen LogP contribution in [0.25, 0.3) is 0 Å². The number of nitrogens with zero attached hydrogens (tertiary/aromatic N) is 1. The molecule has 0 spiro atoms. The molecule has 24 heavy (non-hydrogen) atoms. The Morgan fingerprint density at radius 3 is 2.50 bits per heavy atom. The van der Waals surface area contributed by atoms with Crippen LogP contribution in [-0.4, -0.2) is 18.9 Å². The third-order valence-electron chi connectivity index (χ3n) is 4.69. The summed E-state index contributed by atoms with van der Waals surface area (Å²) < 4.78 is 5.37. The fourth-order valence-corrected chi connectivity index (χ4v) is 3.26. The van der Waals surface area contributed by atoms with Crippen molar-refractivity contribution in [2.45, 2.75) is 26.2 Å². The highest BCUT2D eigenvalue weighted by molar-refractivity contribution is 6.21. The number of anilines is 1. The van der Waals surface area contributed by atoms with Crippen molar-refractivity contribution in [3.63, 3.8) is 0 Å². The highest BCUT2D eigenvalue weighted by Crippen LogP contribution is 2.39. The molecular formula is C20H21NO3. The molecule has 1 aliphatic heterocycles. The maximum Gasteiger partial charge on any atom is 0.238 e. The van der Waals surface area contributed by atoms with Crippen LogP contribution in [0.3, 0.4) is 0 Å². The number of rotatable bonds is 4. The normalized spacial score (nSPS) is 18.8. The van der Waals surface area contributed by atoms with E-state index in [1.54, 1.807) is 13.2 Å². The quantitative estimate of drug-likeness (QED) is 0.806. The molecule has 1 heterocycles. The van der Waals surface area contributed by atoms with Crippen LogP contribution < -0.4 is 9.64 Å². The van der Waals surface area contributed by atoms with Gasteiger partial charge in [-0.2, -0.15) is 0 Å². The predicted molar refractivity (Wildman–Crippen MR) is 93.2 cm³/mol. The predicted octanol–water partition coefficient (Wildman–Crippen LogP) is 3.69. The minimum absolute atomic E-state index is 0.0101. The Morgan fingerprint density at radius 2 is 1.83 bits per heavy atom. The lowest BCUT2D eigenvalue weighted by Crippen LogP contribution is -2.31. The molecule has 0 aliphatic carbocycles.